The van der Waals surface area contributed by atoms with Gasteiger partial charge in [0.1, 0.15) is 11.5 Å². The Kier molecular flexibility index (Phi) is 5.39. The van der Waals surface area contributed by atoms with Crippen molar-refractivity contribution in [1.82, 2.24) is 9.97 Å². The Morgan fingerprint density at radius 1 is 0.767 bits per heavy atom. The van der Waals surface area contributed by atoms with Crippen molar-refractivity contribution in [1.29, 1.82) is 0 Å². The molecule has 0 saturated carbocycles. The van der Waals surface area contributed by atoms with E-state index in [1.807, 2.05) is 48.5 Å². The molecule has 1 heterocycles. The van der Waals surface area contributed by atoms with E-state index in [2.05, 4.69) is 20.5 Å². The fourth-order valence-electron chi connectivity index (χ4n) is 3.06. The fraction of sp³-hybridized carbons (Fsp3) is 0.0417. The molecule has 0 fully saturated rings. The number of nitrogens with zero attached hydrogens (tertiary/aromatic N) is 3. The second kappa shape index (κ2) is 8.45. The zero-order valence-electron chi connectivity index (χ0n) is 16.3. The molecule has 0 aliphatic carbocycles. The Morgan fingerprint density at radius 2 is 1.40 bits per heavy atom. The van der Waals surface area contributed by atoms with Crippen molar-refractivity contribution in [3.8, 4) is 34.0 Å². The van der Waals surface area contributed by atoms with Gasteiger partial charge in [0.05, 0.1) is 17.1 Å². The molecule has 4 rings (SSSR count). The maximum absolute atomic E-state index is 10.3. The van der Waals surface area contributed by atoms with Gasteiger partial charge in [-0.2, -0.15) is 5.10 Å². The predicted octanol–water partition coefficient (Wildman–Crippen LogP) is 5.06. The molecule has 4 aromatic rings. The molecule has 0 aliphatic heterocycles. The minimum Gasteiger partial charge on any atom is -0.507 e. The van der Waals surface area contributed by atoms with Gasteiger partial charge in [-0.1, -0.05) is 54.6 Å². The van der Waals surface area contributed by atoms with E-state index in [0.29, 0.717) is 28.2 Å². The third-order valence-electron chi connectivity index (χ3n) is 4.59. The number of hydrazone groups is 1. The van der Waals surface area contributed by atoms with Crippen LogP contribution in [0, 0.1) is 0 Å². The largest absolute Gasteiger partial charge is 0.507 e. The molecule has 6 nitrogen and oxygen atoms in total. The number of hydrogen-bond donors (Lipinski definition) is 3. The maximum atomic E-state index is 10.3. The Balaban J connectivity index is 1.76. The zero-order chi connectivity index (χ0) is 20.9. The summed E-state index contributed by atoms with van der Waals surface area (Å²) >= 11 is 0. The highest BCUT2D eigenvalue weighted by Crippen LogP contribution is 2.30. The molecule has 0 unspecified atom stereocenters. The van der Waals surface area contributed by atoms with Crippen molar-refractivity contribution >= 4 is 11.7 Å². The van der Waals surface area contributed by atoms with Gasteiger partial charge in [-0.05, 0) is 37.3 Å². The SMILES string of the molecule is CC(=NNc1nc(-c2ccccc2)cc(-c2ccccc2O)n1)c1ccccc1O. The second-order valence-corrected chi connectivity index (χ2v) is 6.67. The van der Waals surface area contributed by atoms with Crippen LogP contribution < -0.4 is 5.43 Å². The van der Waals surface area contributed by atoms with Gasteiger partial charge in [0.15, 0.2) is 0 Å². The maximum Gasteiger partial charge on any atom is 0.244 e. The van der Waals surface area contributed by atoms with Crippen molar-refractivity contribution in [2.45, 2.75) is 6.92 Å². The van der Waals surface area contributed by atoms with E-state index in [-0.39, 0.29) is 17.4 Å². The topological polar surface area (TPSA) is 90.6 Å². The van der Waals surface area contributed by atoms with Crippen molar-refractivity contribution in [3.63, 3.8) is 0 Å². The van der Waals surface area contributed by atoms with Crippen LogP contribution in [-0.4, -0.2) is 25.9 Å². The molecule has 148 valence electrons. The molecule has 0 aliphatic rings. The molecule has 3 N–H and O–H groups in total. The van der Waals surface area contributed by atoms with E-state index in [4.69, 9.17) is 0 Å². The molecule has 3 aromatic carbocycles. The van der Waals surface area contributed by atoms with Crippen LogP contribution in [0.15, 0.2) is 90.0 Å². The summed E-state index contributed by atoms with van der Waals surface area (Å²) in [6.45, 7) is 1.78. The van der Waals surface area contributed by atoms with Gasteiger partial charge in [0, 0.05) is 16.7 Å². The first-order valence-corrected chi connectivity index (χ1v) is 9.43. The lowest BCUT2D eigenvalue weighted by Crippen LogP contribution is -2.04. The quantitative estimate of drug-likeness (QED) is 0.324. The highest BCUT2D eigenvalue weighted by molar-refractivity contribution is 6.01. The third kappa shape index (κ3) is 4.12. The first-order valence-electron chi connectivity index (χ1n) is 9.43. The van der Waals surface area contributed by atoms with Crippen LogP contribution in [0.3, 0.4) is 0 Å². The lowest BCUT2D eigenvalue weighted by Gasteiger charge is -2.10. The van der Waals surface area contributed by atoms with Crippen molar-refractivity contribution in [3.05, 3.63) is 90.5 Å². The molecular weight excluding hydrogens is 376 g/mol. The summed E-state index contributed by atoms with van der Waals surface area (Å²) in [7, 11) is 0. The summed E-state index contributed by atoms with van der Waals surface area (Å²) in [6, 6.07) is 25.5. The van der Waals surface area contributed by atoms with Gasteiger partial charge in [-0.3, -0.25) is 0 Å². The van der Waals surface area contributed by atoms with E-state index in [0.717, 1.165) is 5.56 Å². The highest BCUT2D eigenvalue weighted by Gasteiger charge is 2.11. The fourth-order valence-corrected chi connectivity index (χ4v) is 3.06. The molecule has 0 radical (unpaired) electrons. The van der Waals surface area contributed by atoms with Gasteiger partial charge < -0.3 is 10.2 Å². The van der Waals surface area contributed by atoms with Crippen LogP contribution in [-0.2, 0) is 0 Å². The number of aromatic nitrogens is 2. The van der Waals surface area contributed by atoms with Crippen molar-refractivity contribution < 1.29 is 10.2 Å². The van der Waals surface area contributed by atoms with Gasteiger partial charge in [-0.15, -0.1) is 0 Å². The summed E-state index contributed by atoms with van der Waals surface area (Å²) in [5.41, 5.74) is 6.87. The van der Waals surface area contributed by atoms with E-state index in [1.165, 1.54) is 0 Å². The predicted molar refractivity (Wildman–Crippen MR) is 119 cm³/mol. The van der Waals surface area contributed by atoms with Crippen LogP contribution >= 0.6 is 0 Å². The number of phenolic OH excluding ortho intramolecular Hbond substituents is 2. The van der Waals surface area contributed by atoms with Crippen LogP contribution in [0.2, 0.25) is 0 Å². The molecule has 0 bridgehead atoms. The highest BCUT2D eigenvalue weighted by atomic mass is 16.3. The van der Waals surface area contributed by atoms with Crippen molar-refractivity contribution in [2.24, 2.45) is 5.10 Å². The molecular formula is C24H20N4O2. The molecule has 0 amide bonds. The summed E-state index contributed by atoms with van der Waals surface area (Å²) in [5.74, 6) is 0.564. The summed E-state index contributed by atoms with van der Waals surface area (Å²) in [6.07, 6.45) is 0. The number of anilines is 1. The van der Waals surface area contributed by atoms with Crippen LogP contribution in [0.25, 0.3) is 22.5 Å². The lowest BCUT2D eigenvalue weighted by molar-refractivity contribution is 0.474. The normalized spacial score (nSPS) is 11.3. The average Bonchev–Trinajstić information content (AvgIpc) is 2.78. The number of nitrogens with one attached hydrogen (secondary N) is 1. The Morgan fingerprint density at radius 3 is 2.13 bits per heavy atom. The number of phenols is 2. The standard InChI is InChI=1S/C24H20N4O2/c1-16(18-11-5-7-13-22(18)29)27-28-24-25-20(17-9-3-2-4-10-17)15-21(26-24)19-12-6-8-14-23(19)30/h2-15,29-30H,1H3,(H,25,26,28). The number of para-hydroxylation sites is 2. The molecule has 1 aromatic heterocycles. The molecule has 30 heavy (non-hydrogen) atoms. The zero-order valence-corrected chi connectivity index (χ0v) is 16.3. The number of aromatic hydroxyl groups is 2. The minimum absolute atomic E-state index is 0.134. The van der Waals surface area contributed by atoms with Gasteiger partial charge in [0.2, 0.25) is 5.95 Å². The minimum atomic E-state index is 0.134. The monoisotopic (exact) mass is 396 g/mol. The summed E-state index contributed by atoms with van der Waals surface area (Å²) < 4.78 is 0. The van der Waals surface area contributed by atoms with Gasteiger partial charge in [-0.25, -0.2) is 15.4 Å². The molecule has 0 saturated heterocycles. The third-order valence-corrected chi connectivity index (χ3v) is 4.59. The number of benzene rings is 3. The van der Waals surface area contributed by atoms with E-state index < -0.39 is 0 Å². The summed E-state index contributed by atoms with van der Waals surface area (Å²) in [4.78, 5) is 9.10. The van der Waals surface area contributed by atoms with Gasteiger partial charge in [0.25, 0.3) is 0 Å². The van der Waals surface area contributed by atoms with E-state index in [1.54, 1.807) is 43.3 Å². The molecule has 0 atom stereocenters. The van der Waals surface area contributed by atoms with Gasteiger partial charge >= 0.3 is 0 Å². The number of rotatable bonds is 5. The Hall–Kier alpha value is -4.19. The van der Waals surface area contributed by atoms with E-state index >= 15 is 0 Å². The molecule has 0 spiro atoms. The van der Waals surface area contributed by atoms with Crippen LogP contribution in [0.4, 0.5) is 5.95 Å². The average molecular weight is 396 g/mol. The van der Waals surface area contributed by atoms with Crippen LogP contribution in [0.5, 0.6) is 11.5 Å². The Bertz CT molecular complexity index is 1210. The Labute approximate surface area is 174 Å². The second-order valence-electron chi connectivity index (χ2n) is 6.67. The van der Waals surface area contributed by atoms with Crippen molar-refractivity contribution in [2.75, 3.05) is 5.43 Å². The van der Waals surface area contributed by atoms with Crippen LogP contribution in [0.1, 0.15) is 12.5 Å². The van der Waals surface area contributed by atoms with E-state index in [9.17, 15) is 10.2 Å². The number of hydrogen-bond acceptors (Lipinski definition) is 6. The summed E-state index contributed by atoms with van der Waals surface area (Å²) in [5, 5.41) is 24.6. The smallest absolute Gasteiger partial charge is 0.244 e. The molecule has 6 heteroatoms. The first-order chi connectivity index (χ1) is 14.6. The lowest BCUT2D eigenvalue weighted by atomic mass is 10.1. The first kappa shape index (κ1) is 19.1.